The lowest BCUT2D eigenvalue weighted by molar-refractivity contribution is 0.174. The lowest BCUT2D eigenvalue weighted by Gasteiger charge is -2.13. The summed E-state index contributed by atoms with van der Waals surface area (Å²) in [7, 11) is 0. The van der Waals surface area contributed by atoms with Crippen molar-refractivity contribution in [3.63, 3.8) is 0 Å². The molecule has 0 bridgehead atoms. The maximum absolute atomic E-state index is 14.2. The molecule has 0 aliphatic carbocycles. The quantitative estimate of drug-likeness (QED) is 0.145. The van der Waals surface area contributed by atoms with Crippen LogP contribution in [0.15, 0.2) is 103 Å². The van der Waals surface area contributed by atoms with Gasteiger partial charge in [0.2, 0.25) is 24.4 Å². The molecule has 0 atom stereocenters. The summed E-state index contributed by atoms with van der Waals surface area (Å²) in [4.78, 5) is 28.2. The summed E-state index contributed by atoms with van der Waals surface area (Å²) in [5.74, 6) is 1.97. The van der Waals surface area contributed by atoms with Crippen molar-refractivity contribution in [2.45, 2.75) is 0 Å². The molecule has 0 unspecified atom stereocenters. The zero-order valence-electron chi connectivity index (χ0n) is 22.8. The molecule has 6 aromatic carbocycles. The van der Waals surface area contributed by atoms with Crippen molar-refractivity contribution in [1.82, 2.24) is 0 Å². The van der Waals surface area contributed by atoms with Gasteiger partial charge in [-0.3, -0.25) is 9.59 Å². The first kappa shape index (κ1) is 23.5. The number of hydrogen-bond donors (Lipinski definition) is 0. The minimum atomic E-state index is -0.196. The van der Waals surface area contributed by atoms with Gasteiger partial charge >= 0.3 is 0 Å². The van der Waals surface area contributed by atoms with Crippen LogP contribution in [0.2, 0.25) is 0 Å². The van der Waals surface area contributed by atoms with Crippen molar-refractivity contribution in [3.8, 4) is 34.1 Å². The molecule has 0 N–H and O–H groups in total. The standard InChI is InChI=1S/C36H18O8/c37-33-23-13-28-29(41-15-40-28)14-27(23)43-24-8-7-17-5-6-19(11-21(17)30(24)33)22-12-18-3-1-2-4-20(18)31-34(38)32-25(44-35(22)31)9-10-26-36(32)42-16-39-26/h1-14H,15-16H2. The molecule has 4 heterocycles. The van der Waals surface area contributed by atoms with Gasteiger partial charge in [-0.05, 0) is 63.5 Å². The fraction of sp³-hybridized carbons (Fsp3) is 0.0556. The smallest absolute Gasteiger partial charge is 0.231 e. The van der Waals surface area contributed by atoms with E-state index < -0.39 is 0 Å². The third kappa shape index (κ3) is 3.06. The summed E-state index contributed by atoms with van der Waals surface area (Å²) in [6.07, 6.45) is 0. The first-order valence-electron chi connectivity index (χ1n) is 14.1. The van der Waals surface area contributed by atoms with Crippen LogP contribution in [-0.4, -0.2) is 13.6 Å². The van der Waals surface area contributed by atoms with Crippen molar-refractivity contribution < 1.29 is 27.8 Å². The van der Waals surface area contributed by atoms with Crippen LogP contribution in [0.3, 0.4) is 0 Å². The highest BCUT2D eigenvalue weighted by atomic mass is 16.7. The molecule has 2 aromatic heterocycles. The van der Waals surface area contributed by atoms with E-state index in [9.17, 15) is 9.59 Å². The summed E-state index contributed by atoms with van der Waals surface area (Å²) in [5.41, 5.74) is 2.89. The van der Waals surface area contributed by atoms with E-state index in [1.165, 1.54) is 0 Å². The van der Waals surface area contributed by atoms with Crippen molar-refractivity contribution in [2.75, 3.05) is 13.6 Å². The van der Waals surface area contributed by atoms with Gasteiger partial charge in [0.25, 0.3) is 0 Å². The number of rotatable bonds is 1. The molecule has 0 saturated carbocycles. The molecule has 0 radical (unpaired) electrons. The van der Waals surface area contributed by atoms with Gasteiger partial charge in [0, 0.05) is 11.6 Å². The first-order chi connectivity index (χ1) is 21.6. The minimum absolute atomic E-state index is 0.0459. The van der Waals surface area contributed by atoms with Crippen LogP contribution in [0.25, 0.3) is 76.5 Å². The van der Waals surface area contributed by atoms with Crippen molar-refractivity contribution in [1.29, 1.82) is 0 Å². The Morgan fingerprint density at radius 1 is 0.500 bits per heavy atom. The molecule has 44 heavy (non-hydrogen) atoms. The zero-order valence-corrected chi connectivity index (χ0v) is 22.8. The molecular formula is C36H18O8. The highest BCUT2D eigenvalue weighted by molar-refractivity contribution is 6.16. The third-order valence-corrected chi connectivity index (χ3v) is 8.63. The average molecular weight is 579 g/mol. The second-order valence-electron chi connectivity index (χ2n) is 11.0. The summed E-state index contributed by atoms with van der Waals surface area (Å²) < 4.78 is 35.0. The van der Waals surface area contributed by atoms with Gasteiger partial charge in [0.05, 0.1) is 16.2 Å². The lowest BCUT2D eigenvalue weighted by Crippen LogP contribution is -2.05. The Hall–Kier alpha value is -6.02. The van der Waals surface area contributed by atoms with E-state index in [0.717, 1.165) is 32.7 Å². The van der Waals surface area contributed by atoms with Crippen LogP contribution < -0.4 is 29.8 Å². The van der Waals surface area contributed by atoms with Crippen LogP contribution in [0.1, 0.15) is 0 Å². The summed E-state index contributed by atoms with van der Waals surface area (Å²) >= 11 is 0. The highest BCUT2D eigenvalue weighted by Gasteiger charge is 2.24. The number of ether oxygens (including phenoxy) is 4. The molecule has 2 aliphatic heterocycles. The molecule has 0 saturated heterocycles. The second-order valence-corrected chi connectivity index (χ2v) is 11.0. The Morgan fingerprint density at radius 2 is 1.27 bits per heavy atom. The second kappa shape index (κ2) is 8.29. The molecular weight excluding hydrogens is 560 g/mol. The monoisotopic (exact) mass is 578 g/mol. The van der Waals surface area contributed by atoms with Gasteiger partial charge in [-0.2, -0.15) is 0 Å². The Morgan fingerprint density at radius 3 is 2.20 bits per heavy atom. The van der Waals surface area contributed by atoms with E-state index in [-0.39, 0.29) is 24.4 Å². The maximum atomic E-state index is 14.2. The molecule has 0 amide bonds. The van der Waals surface area contributed by atoms with Gasteiger partial charge in [0.1, 0.15) is 27.7 Å². The number of benzene rings is 6. The van der Waals surface area contributed by atoms with Crippen molar-refractivity contribution in [2.24, 2.45) is 0 Å². The fourth-order valence-electron chi connectivity index (χ4n) is 6.59. The third-order valence-electron chi connectivity index (χ3n) is 8.63. The van der Waals surface area contributed by atoms with E-state index in [1.54, 1.807) is 24.3 Å². The highest BCUT2D eigenvalue weighted by Crippen LogP contribution is 2.42. The van der Waals surface area contributed by atoms with E-state index in [4.69, 9.17) is 27.8 Å². The van der Waals surface area contributed by atoms with Gasteiger partial charge in [-0.25, -0.2) is 0 Å². The van der Waals surface area contributed by atoms with E-state index >= 15 is 0 Å². The molecule has 8 nitrogen and oxygen atoms in total. The summed E-state index contributed by atoms with van der Waals surface area (Å²) in [5, 5.41) is 4.92. The topological polar surface area (TPSA) is 97.3 Å². The summed E-state index contributed by atoms with van der Waals surface area (Å²) in [6, 6.07) is 26.2. The fourth-order valence-corrected chi connectivity index (χ4v) is 6.59. The minimum Gasteiger partial charge on any atom is -0.456 e. The van der Waals surface area contributed by atoms with Crippen LogP contribution >= 0.6 is 0 Å². The normalized spacial score (nSPS) is 13.7. The largest absolute Gasteiger partial charge is 0.456 e. The van der Waals surface area contributed by atoms with Crippen LogP contribution in [0, 0.1) is 0 Å². The molecule has 10 rings (SSSR count). The molecule has 8 heteroatoms. The molecule has 0 spiro atoms. The number of fused-ring (bicyclic) bond motifs is 11. The average Bonchev–Trinajstić information content (AvgIpc) is 3.72. The van der Waals surface area contributed by atoms with Gasteiger partial charge in [-0.15, -0.1) is 0 Å². The first-order valence-corrected chi connectivity index (χ1v) is 14.1. The van der Waals surface area contributed by atoms with Gasteiger partial charge in [0.15, 0.2) is 23.0 Å². The Kier molecular flexibility index (Phi) is 4.44. The predicted octanol–water partition coefficient (Wildman–Crippen LogP) is 7.64. The Labute approximate surface area is 246 Å². The molecule has 2 aliphatic rings. The predicted molar refractivity (Wildman–Crippen MR) is 166 cm³/mol. The lowest BCUT2D eigenvalue weighted by atomic mass is 9.93. The Balaban J connectivity index is 1.31. The molecule has 210 valence electrons. The molecule has 8 aromatic rings. The van der Waals surface area contributed by atoms with Crippen LogP contribution in [-0.2, 0) is 0 Å². The Bertz CT molecular complexity index is 2720. The van der Waals surface area contributed by atoms with E-state index in [1.807, 2.05) is 60.7 Å². The van der Waals surface area contributed by atoms with Gasteiger partial charge < -0.3 is 27.8 Å². The van der Waals surface area contributed by atoms with Crippen LogP contribution in [0.5, 0.6) is 23.0 Å². The van der Waals surface area contributed by atoms with Crippen LogP contribution in [0.4, 0.5) is 0 Å². The zero-order chi connectivity index (χ0) is 29.1. The van der Waals surface area contributed by atoms with Gasteiger partial charge in [-0.1, -0.05) is 42.5 Å². The van der Waals surface area contributed by atoms with E-state index in [2.05, 4.69) is 0 Å². The summed E-state index contributed by atoms with van der Waals surface area (Å²) in [6.45, 7) is 0.143. The number of hydrogen-bond acceptors (Lipinski definition) is 8. The van der Waals surface area contributed by atoms with E-state index in [0.29, 0.717) is 66.9 Å². The van der Waals surface area contributed by atoms with Crippen molar-refractivity contribution >= 4 is 65.4 Å². The molecule has 0 fully saturated rings. The van der Waals surface area contributed by atoms with Crippen molar-refractivity contribution in [3.05, 3.63) is 105 Å². The SMILES string of the molecule is O=c1c2cc3c(cc2oc2ccc4ccc(-c5cc6ccccc6c6c(=O)c7c8c(ccc7oc56)OCO8)cc4c12)OCO3. The maximum Gasteiger partial charge on any atom is 0.231 e.